The molecule has 0 bridgehead atoms. The van der Waals surface area contributed by atoms with Gasteiger partial charge in [0.05, 0.1) is 6.20 Å². The number of aryl methyl sites for hydroxylation is 1. The van der Waals surface area contributed by atoms with Crippen molar-refractivity contribution in [3.8, 4) is 0 Å². The highest BCUT2D eigenvalue weighted by molar-refractivity contribution is 5.46. The molecule has 0 saturated carbocycles. The summed E-state index contributed by atoms with van der Waals surface area (Å²) in [6.45, 7) is 2.61. The first kappa shape index (κ1) is 9.51. The maximum atomic E-state index is 5.66. The quantitative estimate of drug-likeness (QED) is 0.702. The van der Waals surface area contributed by atoms with E-state index in [1.54, 1.807) is 12.4 Å². The number of pyridine rings is 1. The average Bonchev–Trinajstić information content (AvgIpc) is 2.61. The Morgan fingerprint density at radius 3 is 3.07 bits per heavy atom. The van der Waals surface area contributed by atoms with Crippen molar-refractivity contribution in [3.63, 3.8) is 0 Å². The van der Waals surface area contributed by atoms with Gasteiger partial charge < -0.3 is 11.1 Å². The number of anilines is 2. The molecule has 2 aromatic rings. The Hall–Kier alpha value is -2.04. The highest BCUT2D eigenvalue weighted by Gasteiger charge is 2.00. The summed E-state index contributed by atoms with van der Waals surface area (Å²) in [4.78, 5) is 4.12. The molecule has 15 heavy (non-hydrogen) atoms. The summed E-state index contributed by atoms with van der Waals surface area (Å²) in [6, 6.07) is 3.90. The lowest BCUT2D eigenvalue weighted by Crippen LogP contribution is -2.01. The number of H-pyrrole nitrogens is 1. The van der Waals surface area contributed by atoms with Crippen molar-refractivity contribution < 1.29 is 0 Å². The van der Waals surface area contributed by atoms with Gasteiger partial charge in [-0.1, -0.05) is 0 Å². The predicted molar refractivity (Wildman–Crippen MR) is 59.3 cm³/mol. The van der Waals surface area contributed by atoms with Crippen LogP contribution < -0.4 is 11.1 Å². The molecule has 4 N–H and O–H groups in total. The summed E-state index contributed by atoms with van der Waals surface area (Å²) >= 11 is 0. The second-order valence-electron chi connectivity index (χ2n) is 3.35. The minimum Gasteiger partial charge on any atom is -0.384 e. The van der Waals surface area contributed by atoms with Crippen LogP contribution in [0.4, 0.5) is 11.5 Å². The minimum absolute atomic E-state index is 0.605. The predicted octanol–water partition coefficient (Wildman–Crippen LogP) is 1.31. The van der Waals surface area contributed by atoms with Crippen molar-refractivity contribution in [1.82, 2.24) is 15.2 Å². The average molecular weight is 203 g/mol. The molecule has 2 rings (SSSR count). The normalized spacial score (nSPS) is 10.2. The van der Waals surface area contributed by atoms with Crippen molar-refractivity contribution in [1.29, 1.82) is 0 Å². The van der Waals surface area contributed by atoms with Crippen molar-refractivity contribution in [2.45, 2.75) is 13.5 Å². The van der Waals surface area contributed by atoms with Crippen molar-refractivity contribution in [3.05, 3.63) is 35.8 Å². The summed E-state index contributed by atoms with van der Waals surface area (Å²) in [6.07, 6.45) is 3.49. The Labute approximate surface area is 87.7 Å². The Kier molecular flexibility index (Phi) is 2.53. The fourth-order valence-corrected chi connectivity index (χ4v) is 1.31. The highest BCUT2D eigenvalue weighted by Crippen LogP contribution is 2.11. The van der Waals surface area contributed by atoms with E-state index in [2.05, 4.69) is 20.5 Å². The molecule has 2 heterocycles. The summed E-state index contributed by atoms with van der Waals surface area (Å²) in [7, 11) is 0. The Morgan fingerprint density at radius 1 is 1.53 bits per heavy atom. The van der Waals surface area contributed by atoms with Gasteiger partial charge in [-0.25, -0.2) is 0 Å². The zero-order chi connectivity index (χ0) is 10.7. The molecule has 5 nitrogen and oxygen atoms in total. The molecule has 0 atom stereocenters. The van der Waals surface area contributed by atoms with E-state index in [4.69, 9.17) is 5.73 Å². The maximum Gasteiger partial charge on any atom is 0.123 e. The number of nitrogens with two attached hydrogens (primary N) is 1. The second kappa shape index (κ2) is 4.00. The number of aromatic amines is 1. The fraction of sp³-hybridized carbons (Fsp3) is 0.200. The standard InChI is InChI=1S/C10H13N5/c1-7-4-9(2-3-12-7)13-5-8-6-14-15-10(8)11/h2-4,6H,5H2,1H3,(H,12,13)(H3,11,14,15). The van der Waals surface area contributed by atoms with Crippen LogP contribution in [0.15, 0.2) is 24.5 Å². The van der Waals surface area contributed by atoms with Crippen LogP contribution in [0.25, 0.3) is 0 Å². The zero-order valence-corrected chi connectivity index (χ0v) is 8.49. The van der Waals surface area contributed by atoms with Crippen LogP contribution in [0.2, 0.25) is 0 Å². The topological polar surface area (TPSA) is 79.6 Å². The van der Waals surface area contributed by atoms with E-state index in [-0.39, 0.29) is 0 Å². The van der Waals surface area contributed by atoms with E-state index in [9.17, 15) is 0 Å². The molecule has 0 aliphatic rings. The van der Waals surface area contributed by atoms with E-state index >= 15 is 0 Å². The van der Waals surface area contributed by atoms with Crippen molar-refractivity contribution in [2.75, 3.05) is 11.1 Å². The van der Waals surface area contributed by atoms with Crippen LogP contribution in [0.1, 0.15) is 11.3 Å². The number of nitrogens with zero attached hydrogens (tertiary/aromatic N) is 2. The lowest BCUT2D eigenvalue weighted by molar-refractivity contribution is 1.10. The molecular formula is C10H13N5. The molecule has 2 aromatic heterocycles. The smallest absolute Gasteiger partial charge is 0.123 e. The molecule has 78 valence electrons. The maximum absolute atomic E-state index is 5.66. The molecule has 0 amide bonds. The van der Waals surface area contributed by atoms with Crippen LogP contribution in [0.5, 0.6) is 0 Å². The van der Waals surface area contributed by atoms with Gasteiger partial charge in [0.2, 0.25) is 0 Å². The van der Waals surface area contributed by atoms with E-state index in [0.717, 1.165) is 16.9 Å². The second-order valence-corrected chi connectivity index (χ2v) is 3.35. The first-order valence-electron chi connectivity index (χ1n) is 4.70. The highest BCUT2D eigenvalue weighted by atomic mass is 15.1. The Bertz CT molecular complexity index is 449. The van der Waals surface area contributed by atoms with E-state index in [0.29, 0.717) is 12.4 Å². The Morgan fingerprint density at radius 2 is 2.40 bits per heavy atom. The van der Waals surface area contributed by atoms with Crippen LogP contribution in [-0.4, -0.2) is 15.2 Å². The number of hydrogen-bond acceptors (Lipinski definition) is 4. The first-order chi connectivity index (χ1) is 7.25. The summed E-state index contributed by atoms with van der Waals surface area (Å²) < 4.78 is 0. The number of aromatic nitrogens is 3. The number of nitrogen functional groups attached to an aromatic ring is 1. The molecule has 0 aliphatic heterocycles. The van der Waals surface area contributed by atoms with Crippen LogP contribution in [0.3, 0.4) is 0 Å². The largest absolute Gasteiger partial charge is 0.384 e. The molecule has 0 radical (unpaired) electrons. The number of hydrogen-bond donors (Lipinski definition) is 3. The lowest BCUT2D eigenvalue weighted by Gasteiger charge is -2.05. The zero-order valence-electron chi connectivity index (χ0n) is 8.49. The monoisotopic (exact) mass is 203 g/mol. The van der Waals surface area contributed by atoms with Gasteiger partial charge in [0.15, 0.2) is 0 Å². The van der Waals surface area contributed by atoms with Crippen LogP contribution in [0, 0.1) is 6.92 Å². The summed E-state index contributed by atoms with van der Waals surface area (Å²) in [5.74, 6) is 0.605. The fourth-order valence-electron chi connectivity index (χ4n) is 1.31. The molecular weight excluding hydrogens is 190 g/mol. The van der Waals surface area contributed by atoms with Gasteiger partial charge in [-0.3, -0.25) is 10.1 Å². The van der Waals surface area contributed by atoms with E-state index in [1.165, 1.54) is 0 Å². The third-order valence-corrected chi connectivity index (χ3v) is 2.13. The Balaban J connectivity index is 2.02. The minimum atomic E-state index is 0.605. The summed E-state index contributed by atoms with van der Waals surface area (Å²) in [5.41, 5.74) is 8.64. The molecule has 0 fully saturated rings. The lowest BCUT2D eigenvalue weighted by atomic mass is 10.3. The molecule has 0 spiro atoms. The van der Waals surface area contributed by atoms with E-state index in [1.807, 2.05) is 19.1 Å². The van der Waals surface area contributed by atoms with Crippen LogP contribution in [-0.2, 0) is 6.54 Å². The third kappa shape index (κ3) is 2.25. The van der Waals surface area contributed by atoms with Crippen LogP contribution >= 0.6 is 0 Å². The van der Waals surface area contributed by atoms with Gasteiger partial charge >= 0.3 is 0 Å². The SMILES string of the molecule is Cc1cc(NCc2cn[nH]c2N)ccn1. The van der Waals surface area contributed by atoms with Gasteiger partial charge in [0, 0.05) is 29.7 Å². The van der Waals surface area contributed by atoms with Gasteiger partial charge in [-0.2, -0.15) is 5.10 Å². The van der Waals surface area contributed by atoms with Gasteiger partial charge in [0.25, 0.3) is 0 Å². The van der Waals surface area contributed by atoms with Gasteiger partial charge in [-0.05, 0) is 19.1 Å². The summed E-state index contributed by atoms with van der Waals surface area (Å²) in [5, 5.41) is 9.79. The third-order valence-electron chi connectivity index (χ3n) is 2.13. The first-order valence-corrected chi connectivity index (χ1v) is 4.70. The van der Waals surface area contributed by atoms with Gasteiger partial charge in [0.1, 0.15) is 5.82 Å². The molecule has 5 heteroatoms. The van der Waals surface area contributed by atoms with Crippen molar-refractivity contribution in [2.24, 2.45) is 0 Å². The van der Waals surface area contributed by atoms with E-state index < -0.39 is 0 Å². The molecule has 0 aliphatic carbocycles. The molecule has 0 saturated heterocycles. The number of nitrogens with one attached hydrogen (secondary N) is 2. The molecule has 0 unspecified atom stereocenters. The number of rotatable bonds is 3. The molecule has 0 aromatic carbocycles. The van der Waals surface area contributed by atoms with Gasteiger partial charge in [-0.15, -0.1) is 0 Å². The van der Waals surface area contributed by atoms with Crippen molar-refractivity contribution >= 4 is 11.5 Å².